The van der Waals surface area contributed by atoms with E-state index in [0.29, 0.717) is 0 Å². The molecule has 0 atom stereocenters. The predicted octanol–water partition coefficient (Wildman–Crippen LogP) is 2.22. The highest BCUT2D eigenvalue weighted by atomic mass is 79.9. The molecule has 3 nitrogen and oxygen atoms in total. The first kappa shape index (κ1) is 10.0. The van der Waals surface area contributed by atoms with E-state index in [0.717, 1.165) is 17.1 Å². The van der Waals surface area contributed by atoms with Crippen LogP contribution >= 0.6 is 15.9 Å². The number of rotatable bonds is 3. The van der Waals surface area contributed by atoms with Gasteiger partial charge in [-0.25, -0.2) is 0 Å². The van der Waals surface area contributed by atoms with Gasteiger partial charge in [-0.2, -0.15) is 5.10 Å². The van der Waals surface area contributed by atoms with E-state index in [-0.39, 0.29) is 0 Å². The largest absolute Gasteiger partial charge is 0.357 e. The Morgan fingerprint density at radius 2 is 2.21 bits per heavy atom. The average molecular weight is 258 g/mol. The van der Waals surface area contributed by atoms with Crippen LogP contribution < -0.4 is 4.90 Å². The molecule has 2 rings (SSSR count). The second-order valence-corrected chi connectivity index (χ2v) is 4.55. The molecule has 0 amide bonds. The number of hydrogen-bond acceptors (Lipinski definition) is 2. The zero-order chi connectivity index (χ0) is 10.3. The number of alkyl halides is 1. The molecular weight excluding hydrogens is 242 g/mol. The van der Waals surface area contributed by atoms with Gasteiger partial charge in [0.1, 0.15) is 5.82 Å². The minimum Gasteiger partial charge on any atom is -0.357 e. The topological polar surface area (TPSA) is 21.1 Å². The molecule has 1 aliphatic rings. The highest BCUT2D eigenvalue weighted by Gasteiger charge is 2.29. The third-order valence-corrected chi connectivity index (χ3v) is 3.44. The summed E-state index contributed by atoms with van der Waals surface area (Å²) in [5, 5.41) is 5.35. The van der Waals surface area contributed by atoms with Gasteiger partial charge in [-0.05, 0) is 19.8 Å². The van der Waals surface area contributed by atoms with Gasteiger partial charge in [0.05, 0.1) is 5.69 Å². The molecule has 0 N–H and O–H groups in total. The first-order valence-corrected chi connectivity index (χ1v) is 6.08. The van der Waals surface area contributed by atoms with Gasteiger partial charge < -0.3 is 4.90 Å². The van der Waals surface area contributed by atoms with Crippen LogP contribution in [0.25, 0.3) is 0 Å². The van der Waals surface area contributed by atoms with Crippen molar-refractivity contribution in [2.45, 2.75) is 31.1 Å². The molecule has 1 aromatic heterocycles. The molecule has 4 heteroatoms. The molecule has 0 radical (unpaired) electrons. The summed E-state index contributed by atoms with van der Waals surface area (Å²) in [6, 6.07) is 0.739. The third kappa shape index (κ3) is 1.56. The molecule has 14 heavy (non-hydrogen) atoms. The standard InChI is InChI=1S/C10H16BrN3/c1-7-9(6-11)10(14(3)12-7)13(2)8-4-5-8/h8H,4-6H2,1-3H3. The Labute approximate surface area is 93.2 Å². The van der Waals surface area contributed by atoms with Crippen LogP contribution in [0.5, 0.6) is 0 Å². The molecule has 0 aliphatic heterocycles. The average Bonchev–Trinajstić information content (AvgIpc) is 2.91. The van der Waals surface area contributed by atoms with Crippen molar-refractivity contribution in [3.05, 3.63) is 11.3 Å². The van der Waals surface area contributed by atoms with Crippen LogP contribution in [0, 0.1) is 6.92 Å². The summed E-state index contributed by atoms with van der Waals surface area (Å²) >= 11 is 3.53. The number of halogens is 1. The van der Waals surface area contributed by atoms with Crippen molar-refractivity contribution in [1.82, 2.24) is 9.78 Å². The van der Waals surface area contributed by atoms with Gasteiger partial charge in [0.25, 0.3) is 0 Å². The van der Waals surface area contributed by atoms with E-state index >= 15 is 0 Å². The first-order valence-electron chi connectivity index (χ1n) is 4.96. The van der Waals surface area contributed by atoms with Gasteiger partial charge in [-0.1, -0.05) is 15.9 Å². The highest BCUT2D eigenvalue weighted by Crippen LogP contribution is 2.33. The van der Waals surface area contributed by atoms with E-state index in [2.05, 4.69) is 39.9 Å². The maximum Gasteiger partial charge on any atom is 0.130 e. The van der Waals surface area contributed by atoms with Gasteiger partial charge in [-0.3, -0.25) is 4.68 Å². The smallest absolute Gasteiger partial charge is 0.130 e. The van der Waals surface area contributed by atoms with Crippen molar-refractivity contribution < 1.29 is 0 Å². The third-order valence-electron chi connectivity index (χ3n) is 2.88. The summed E-state index contributed by atoms with van der Waals surface area (Å²) in [7, 11) is 4.19. The Bertz CT molecular complexity index is 341. The van der Waals surface area contributed by atoms with Crippen LogP contribution in [-0.2, 0) is 12.4 Å². The summed E-state index contributed by atoms with van der Waals surface area (Å²) in [6.45, 7) is 2.07. The normalized spacial score (nSPS) is 16.0. The van der Waals surface area contributed by atoms with Crippen molar-refractivity contribution in [2.75, 3.05) is 11.9 Å². The lowest BCUT2D eigenvalue weighted by atomic mass is 10.2. The predicted molar refractivity (Wildman–Crippen MR) is 62.0 cm³/mol. The number of hydrogen-bond donors (Lipinski definition) is 0. The van der Waals surface area contributed by atoms with E-state index < -0.39 is 0 Å². The number of aromatic nitrogens is 2. The molecule has 1 aromatic rings. The fourth-order valence-corrected chi connectivity index (χ4v) is 2.58. The molecule has 0 saturated heterocycles. The SMILES string of the molecule is Cc1nn(C)c(N(C)C2CC2)c1CBr. The number of nitrogens with zero attached hydrogens (tertiary/aromatic N) is 3. The lowest BCUT2D eigenvalue weighted by Crippen LogP contribution is -2.23. The Hall–Kier alpha value is -0.510. The fraction of sp³-hybridized carbons (Fsp3) is 0.700. The lowest BCUT2D eigenvalue weighted by molar-refractivity contribution is 0.725. The maximum atomic E-state index is 4.46. The van der Waals surface area contributed by atoms with E-state index in [1.165, 1.54) is 24.2 Å². The summed E-state index contributed by atoms with van der Waals surface area (Å²) in [4.78, 5) is 2.36. The van der Waals surface area contributed by atoms with E-state index in [1.807, 2.05) is 11.7 Å². The van der Waals surface area contributed by atoms with Crippen LogP contribution in [0.15, 0.2) is 0 Å². The summed E-state index contributed by atoms with van der Waals surface area (Å²) in [6.07, 6.45) is 2.64. The Morgan fingerprint density at radius 1 is 1.57 bits per heavy atom. The first-order chi connectivity index (χ1) is 6.65. The molecule has 1 saturated carbocycles. The van der Waals surface area contributed by atoms with Crippen LogP contribution in [0.1, 0.15) is 24.1 Å². The van der Waals surface area contributed by atoms with Crippen LogP contribution in [0.4, 0.5) is 5.82 Å². The van der Waals surface area contributed by atoms with Gasteiger partial charge in [-0.15, -0.1) is 0 Å². The molecule has 1 fully saturated rings. The van der Waals surface area contributed by atoms with Crippen molar-refractivity contribution >= 4 is 21.7 Å². The molecule has 0 unspecified atom stereocenters. The van der Waals surface area contributed by atoms with Gasteiger partial charge in [0.15, 0.2) is 0 Å². The summed E-state index contributed by atoms with van der Waals surface area (Å²) in [5.41, 5.74) is 2.45. The second kappa shape index (κ2) is 3.57. The fourth-order valence-electron chi connectivity index (χ4n) is 1.92. The molecule has 1 aliphatic carbocycles. The van der Waals surface area contributed by atoms with Crippen molar-refractivity contribution in [3.63, 3.8) is 0 Å². The minimum atomic E-state index is 0.739. The van der Waals surface area contributed by atoms with E-state index in [9.17, 15) is 0 Å². The minimum absolute atomic E-state index is 0.739. The monoisotopic (exact) mass is 257 g/mol. The van der Waals surface area contributed by atoms with Crippen molar-refractivity contribution in [3.8, 4) is 0 Å². The highest BCUT2D eigenvalue weighted by molar-refractivity contribution is 9.08. The number of anilines is 1. The van der Waals surface area contributed by atoms with Crippen molar-refractivity contribution in [1.29, 1.82) is 0 Å². The Balaban J connectivity index is 2.38. The Kier molecular flexibility index (Phi) is 2.56. The zero-order valence-electron chi connectivity index (χ0n) is 8.92. The van der Waals surface area contributed by atoms with Gasteiger partial charge in [0.2, 0.25) is 0 Å². The van der Waals surface area contributed by atoms with Crippen LogP contribution in [0.2, 0.25) is 0 Å². The van der Waals surface area contributed by atoms with E-state index in [4.69, 9.17) is 0 Å². The zero-order valence-corrected chi connectivity index (χ0v) is 10.5. The maximum absolute atomic E-state index is 4.46. The second-order valence-electron chi connectivity index (χ2n) is 3.99. The van der Waals surface area contributed by atoms with Gasteiger partial charge in [0, 0.05) is 31.0 Å². The lowest BCUT2D eigenvalue weighted by Gasteiger charge is -2.19. The van der Waals surface area contributed by atoms with Crippen molar-refractivity contribution in [2.24, 2.45) is 7.05 Å². The Morgan fingerprint density at radius 3 is 2.71 bits per heavy atom. The van der Waals surface area contributed by atoms with E-state index in [1.54, 1.807) is 0 Å². The summed E-state index contributed by atoms with van der Waals surface area (Å²) < 4.78 is 1.99. The number of aryl methyl sites for hydroxylation is 2. The van der Waals surface area contributed by atoms with Gasteiger partial charge >= 0.3 is 0 Å². The quantitative estimate of drug-likeness (QED) is 0.775. The summed E-state index contributed by atoms with van der Waals surface area (Å²) in [5.74, 6) is 1.27. The van der Waals surface area contributed by atoms with Crippen LogP contribution in [-0.4, -0.2) is 22.9 Å². The molecule has 1 heterocycles. The van der Waals surface area contributed by atoms with Crippen LogP contribution in [0.3, 0.4) is 0 Å². The molecule has 0 aromatic carbocycles. The molecular formula is C10H16BrN3. The molecule has 0 spiro atoms. The molecule has 78 valence electrons. The molecule has 0 bridgehead atoms.